The van der Waals surface area contributed by atoms with Crippen molar-refractivity contribution in [2.24, 2.45) is 5.92 Å². The summed E-state index contributed by atoms with van der Waals surface area (Å²) in [6.45, 7) is 5.17. The highest BCUT2D eigenvalue weighted by Gasteiger charge is 2.30. The van der Waals surface area contributed by atoms with Crippen molar-refractivity contribution in [1.29, 1.82) is 0 Å². The Labute approximate surface area is 103 Å². The zero-order valence-corrected chi connectivity index (χ0v) is 10.9. The summed E-state index contributed by atoms with van der Waals surface area (Å²) in [5, 5.41) is 0. The quantitative estimate of drug-likeness (QED) is 0.506. The molecule has 0 aromatic carbocycles. The third-order valence-corrected chi connectivity index (χ3v) is 3.14. The van der Waals surface area contributed by atoms with Crippen molar-refractivity contribution < 1.29 is 14.3 Å². The van der Waals surface area contributed by atoms with Crippen LogP contribution in [0.25, 0.3) is 0 Å². The third kappa shape index (κ3) is 4.75. The summed E-state index contributed by atoms with van der Waals surface area (Å²) in [6, 6.07) is 0. The summed E-state index contributed by atoms with van der Waals surface area (Å²) < 4.78 is 4.85. The molecule has 1 rings (SSSR count). The van der Waals surface area contributed by atoms with Crippen molar-refractivity contribution in [1.82, 2.24) is 4.90 Å². The molecule has 4 nitrogen and oxygen atoms in total. The van der Waals surface area contributed by atoms with Gasteiger partial charge >= 0.3 is 5.97 Å². The minimum absolute atomic E-state index is 0.0968. The monoisotopic (exact) mass is 241 g/mol. The van der Waals surface area contributed by atoms with Crippen LogP contribution >= 0.6 is 0 Å². The van der Waals surface area contributed by atoms with E-state index >= 15 is 0 Å². The number of nitrogens with zero attached hydrogens (tertiary/aromatic N) is 1. The summed E-state index contributed by atoms with van der Waals surface area (Å²) in [5.41, 5.74) is 0. The Morgan fingerprint density at radius 2 is 2.18 bits per heavy atom. The zero-order valence-electron chi connectivity index (χ0n) is 10.9. The fourth-order valence-electron chi connectivity index (χ4n) is 2.25. The number of ether oxygens (including phenoxy) is 1. The van der Waals surface area contributed by atoms with Crippen molar-refractivity contribution in [3.8, 4) is 0 Å². The first-order valence-corrected chi connectivity index (χ1v) is 6.60. The summed E-state index contributed by atoms with van der Waals surface area (Å²) in [4.78, 5) is 24.6. The van der Waals surface area contributed by atoms with Crippen LogP contribution in [0.3, 0.4) is 0 Å². The highest BCUT2D eigenvalue weighted by Crippen LogP contribution is 2.23. The van der Waals surface area contributed by atoms with E-state index in [0.717, 1.165) is 13.0 Å². The van der Waals surface area contributed by atoms with Crippen molar-refractivity contribution in [2.45, 2.75) is 46.0 Å². The van der Waals surface area contributed by atoms with E-state index in [0.29, 0.717) is 18.9 Å². The summed E-state index contributed by atoms with van der Waals surface area (Å²) in [7, 11) is 0. The van der Waals surface area contributed by atoms with Crippen molar-refractivity contribution in [2.75, 3.05) is 19.7 Å². The number of hydrogen-bond acceptors (Lipinski definition) is 3. The fraction of sp³-hybridized carbons (Fsp3) is 0.846. The molecule has 1 heterocycles. The minimum atomic E-state index is -0.296. The van der Waals surface area contributed by atoms with E-state index in [1.807, 2.05) is 0 Å². The molecule has 1 atom stereocenters. The van der Waals surface area contributed by atoms with E-state index in [2.05, 4.69) is 6.92 Å². The Hall–Kier alpha value is -1.06. The molecule has 0 saturated carbocycles. The van der Waals surface area contributed by atoms with E-state index in [4.69, 9.17) is 4.74 Å². The number of likely N-dealkylation sites (tertiary alicyclic amines) is 1. The maximum absolute atomic E-state index is 11.7. The third-order valence-electron chi connectivity index (χ3n) is 3.14. The molecule has 0 unspecified atom stereocenters. The van der Waals surface area contributed by atoms with Gasteiger partial charge in [-0.3, -0.25) is 9.59 Å². The number of carbonyl (C=O) groups excluding carboxylic acids is 2. The molecule has 0 aliphatic carbocycles. The maximum atomic E-state index is 11.7. The molecular weight excluding hydrogens is 218 g/mol. The van der Waals surface area contributed by atoms with Gasteiger partial charge < -0.3 is 9.64 Å². The second-order valence-corrected chi connectivity index (χ2v) is 4.65. The van der Waals surface area contributed by atoms with Crippen LogP contribution in [0.4, 0.5) is 0 Å². The van der Waals surface area contributed by atoms with Crippen LogP contribution in [0.2, 0.25) is 0 Å². The molecule has 0 bridgehead atoms. The Balaban J connectivity index is 2.28. The van der Waals surface area contributed by atoms with E-state index in [1.54, 1.807) is 11.8 Å². The molecule has 1 amide bonds. The van der Waals surface area contributed by atoms with Crippen LogP contribution in [0, 0.1) is 5.92 Å². The molecule has 0 aromatic rings. The lowest BCUT2D eigenvalue weighted by molar-refractivity contribution is -0.147. The van der Waals surface area contributed by atoms with Crippen LogP contribution in [-0.2, 0) is 14.3 Å². The average Bonchev–Trinajstić information content (AvgIpc) is 2.60. The van der Waals surface area contributed by atoms with Gasteiger partial charge in [-0.15, -0.1) is 0 Å². The number of rotatable bonds is 7. The first kappa shape index (κ1) is 14.0. The second kappa shape index (κ2) is 7.30. The molecule has 0 radical (unpaired) electrons. The fourth-order valence-corrected chi connectivity index (χ4v) is 2.25. The van der Waals surface area contributed by atoms with Crippen molar-refractivity contribution in [3.05, 3.63) is 0 Å². The number of hydrogen-bond donors (Lipinski definition) is 0. The van der Waals surface area contributed by atoms with Gasteiger partial charge in [-0.1, -0.05) is 26.2 Å². The van der Waals surface area contributed by atoms with Crippen LogP contribution in [0.5, 0.6) is 0 Å². The number of amides is 1. The highest BCUT2D eigenvalue weighted by atomic mass is 16.5. The van der Waals surface area contributed by atoms with Gasteiger partial charge in [-0.2, -0.15) is 0 Å². The van der Waals surface area contributed by atoms with Crippen molar-refractivity contribution >= 4 is 11.9 Å². The molecule has 1 fully saturated rings. The SMILES string of the molecule is CCCCC[C@@H]1CC(=O)N(CC(=O)OCC)C1. The summed E-state index contributed by atoms with van der Waals surface area (Å²) in [5.74, 6) is 0.234. The lowest BCUT2D eigenvalue weighted by Crippen LogP contribution is -2.32. The Kier molecular flexibility index (Phi) is 6.01. The molecule has 1 aliphatic rings. The van der Waals surface area contributed by atoms with Gasteiger partial charge in [0.05, 0.1) is 6.61 Å². The normalized spacial score (nSPS) is 19.8. The van der Waals surface area contributed by atoms with Gasteiger partial charge in [0.15, 0.2) is 0 Å². The molecule has 1 aliphatic heterocycles. The highest BCUT2D eigenvalue weighted by molar-refractivity contribution is 5.83. The molecule has 0 aromatic heterocycles. The molecule has 0 spiro atoms. The van der Waals surface area contributed by atoms with Crippen molar-refractivity contribution in [3.63, 3.8) is 0 Å². The molecule has 98 valence electrons. The largest absolute Gasteiger partial charge is 0.465 e. The first-order chi connectivity index (χ1) is 8.17. The number of unbranched alkanes of at least 4 members (excludes halogenated alkanes) is 2. The van der Waals surface area contributed by atoms with Gasteiger partial charge in [0.1, 0.15) is 6.54 Å². The molecule has 17 heavy (non-hydrogen) atoms. The predicted molar refractivity (Wildman–Crippen MR) is 65.5 cm³/mol. The van der Waals surface area contributed by atoms with Gasteiger partial charge in [0.2, 0.25) is 5.91 Å². The first-order valence-electron chi connectivity index (χ1n) is 6.60. The van der Waals surface area contributed by atoms with E-state index in [9.17, 15) is 9.59 Å². The van der Waals surface area contributed by atoms with Crippen LogP contribution in [-0.4, -0.2) is 36.5 Å². The number of esters is 1. The number of carbonyl (C=O) groups is 2. The second-order valence-electron chi connectivity index (χ2n) is 4.65. The van der Waals surface area contributed by atoms with Crippen LogP contribution < -0.4 is 0 Å². The lowest BCUT2D eigenvalue weighted by atomic mass is 10.0. The smallest absolute Gasteiger partial charge is 0.325 e. The molecule has 1 saturated heterocycles. The summed E-state index contributed by atoms with van der Waals surface area (Å²) in [6.07, 6.45) is 5.31. The molecular formula is C13H23NO3. The zero-order chi connectivity index (χ0) is 12.7. The van der Waals surface area contributed by atoms with Gasteiger partial charge in [-0.05, 0) is 19.3 Å². The Bertz CT molecular complexity index is 265. The van der Waals surface area contributed by atoms with Gasteiger partial charge in [0.25, 0.3) is 0 Å². The predicted octanol–water partition coefficient (Wildman–Crippen LogP) is 1.98. The average molecular weight is 241 g/mol. The Morgan fingerprint density at radius 3 is 2.82 bits per heavy atom. The van der Waals surface area contributed by atoms with Gasteiger partial charge in [-0.25, -0.2) is 0 Å². The standard InChI is InChI=1S/C13H23NO3/c1-3-5-6-7-11-8-12(15)14(9-11)10-13(16)17-4-2/h11H,3-10H2,1-2H3/t11-/m1/s1. The van der Waals surface area contributed by atoms with Gasteiger partial charge in [0, 0.05) is 13.0 Å². The summed E-state index contributed by atoms with van der Waals surface area (Å²) >= 11 is 0. The van der Waals surface area contributed by atoms with Crippen LogP contribution in [0.15, 0.2) is 0 Å². The lowest BCUT2D eigenvalue weighted by Gasteiger charge is -2.15. The Morgan fingerprint density at radius 1 is 1.41 bits per heavy atom. The van der Waals surface area contributed by atoms with Crippen LogP contribution in [0.1, 0.15) is 46.0 Å². The minimum Gasteiger partial charge on any atom is -0.465 e. The topological polar surface area (TPSA) is 46.6 Å². The van der Waals surface area contributed by atoms with E-state index in [1.165, 1.54) is 19.3 Å². The van der Waals surface area contributed by atoms with E-state index in [-0.39, 0.29) is 18.4 Å². The molecule has 4 heteroatoms. The molecule has 0 N–H and O–H groups in total. The van der Waals surface area contributed by atoms with E-state index < -0.39 is 0 Å². The maximum Gasteiger partial charge on any atom is 0.325 e.